The Morgan fingerprint density at radius 2 is 1.91 bits per heavy atom. The standard InChI is InChI=1S/C24H18BrF2N3O4S/c25-15-9-29-21(23(32)22(15)31)24(33)28-7-8-34-10-18(28)30(29)20-12-5-6-16(26)19(27)14(12)11-35-17-4-2-1-3-13(17)20/h1-6,9,18,20,32H,7-8,10-11H2/t18-,20+/m1/s1. The van der Waals surface area contributed by atoms with Crippen molar-refractivity contribution >= 4 is 33.6 Å². The molecule has 0 bridgehead atoms. The third-order valence-electron chi connectivity index (χ3n) is 6.62. The molecular weight excluding hydrogens is 544 g/mol. The van der Waals surface area contributed by atoms with E-state index < -0.39 is 40.9 Å². The largest absolute Gasteiger partial charge is 0.502 e. The Morgan fingerprint density at radius 3 is 2.74 bits per heavy atom. The molecule has 2 aromatic carbocycles. The third kappa shape index (κ3) is 3.32. The van der Waals surface area contributed by atoms with Crippen LogP contribution >= 0.6 is 27.7 Å². The molecule has 3 aromatic rings. The van der Waals surface area contributed by atoms with Crippen LogP contribution in [0.1, 0.15) is 33.2 Å². The second-order valence-corrected chi connectivity index (χ2v) is 10.3. The predicted octanol–water partition coefficient (Wildman–Crippen LogP) is 3.74. The summed E-state index contributed by atoms with van der Waals surface area (Å²) < 4.78 is 36.6. The number of benzene rings is 2. The van der Waals surface area contributed by atoms with Gasteiger partial charge in [-0.15, -0.1) is 11.8 Å². The lowest BCUT2D eigenvalue weighted by molar-refractivity contribution is -0.0198. The molecule has 3 aliphatic rings. The highest BCUT2D eigenvalue weighted by Gasteiger charge is 2.46. The van der Waals surface area contributed by atoms with Gasteiger partial charge in [0.15, 0.2) is 23.1 Å². The molecule has 3 aliphatic heterocycles. The van der Waals surface area contributed by atoms with Crippen molar-refractivity contribution in [2.24, 2.45) is 0 Å². The summed E-state index contributed by atoms with van der Waals surface area (Å²) >= 11 is 4.59. The zero-order valence-electron chi connectivity index (χ0n) is 18.1. The van der Waals surface area contributed by atoms with Crippen molar-refractivity contribution in [3.63, 3.8) is 0 Å². The van der Waals surface area contributed by atoms with Crippen molar-refractivity contribution in [3.8, 4) is 5.75 Å². The second-order valence-electron chi connectivity index (χ2n) is 8.44. The summed E-state index contributed by atoms with van der Waals surface area (Å²) in [5.74, 6) is -2.81. The van der Waals surface area contributed by atoms with E-state index in [2.05, 4.69) is 15.9 Å². The number of halogens is 3. The molecule has 1 fully saturated rings. The van der Waals surface area contributed by atoms with E-state index in [0.29, 0.717) is 12.2 Å². The Morgan fingerprint density at radius 1 is 1.11 bits per heavy atom. The van der Waals surface area contributed by atoms with Crippen LogP contribution in [-0.4, -0.2) is 46.5 Å². The first-order chi connectivity index (χ1) is 16.9. The van der Waals surface area contributed by atoms with Gasteiger partial charge < -0.3 is 14.7 Å². The van der Waals surface area contributed by atoms with Gasteiger partial charge in [-0.3, -0.25) is 19.3 Å². The highest BCUT2D eigenvalue weighted by atomic mass is 79.9. The van der Waals surface area contributed by atoms with E-state index in [1.54, 1.807) is 16.0 Å². The summed E-state index contributed by atoms with van der Waals surface area (Å²) in [6, 6.07) is 9.54. The molecule has 180 valence electrons. The van der Waals surface area contributed by atoms with E-state index in [0.717, 1.165) is 16.5 Å². The van der Waals surface area contributed by atoms with Crippen LogP contribution in [0.3, 0.4) is 0 Å². The minimum Gasteiger partial charge on any atom is -0.502 e. The van der Waals surface area contributed by atoms with Crippen molar-refractivity contribution in [3.05, 3.63) is 91.3 Å². The highest BCUT2D eigenvalue weighted by molar-refractivity contribution is 9.10. The fraction of sp³-hybridized carbons (Fsp3) is 0.250. The number of pyridine rings is 1. The molecule has 1 aromatic heterocycles. The van der Waals surface area contributed by atoms with Crippen LogP contribution in [0.15, 0.2) is 56.8 Å². The van der Waals surface area contributed by atoms with Crippen molar-refractivity contribution in [1.29, 1.82) is 0 Å². The van der Waals surface area contributed by atoms with Gasteiger partial charge in [-0.1, -0.05) is 24.3 Å². The van der Waals surface area contributed by atoms with Crippen LogP contribution in [0.25, 0.3) is 0 Å². The smallest absolute Gasteiger partial charge is 0.278 e. The SMILES string of the molecule is O=C1c2c(O)c(=O)c(Br)cn2N([C@@H]2c3ccccc3SCc3c2ccc(F)c3F)[C@@H]2COCCN12. The van der Waals surface area contributed by atoms with Gasteiger partial charge in [0.25, 0.3) is 5.91 Å². The highest BCUT2D eigenvalue weighted by Crippen LogP contribution is 2.45. The summed E-state index contributed by atoms with van der Waals surface area (Å²) in [6.07, 6.45) is 0.807. The molecule has 1 amide bonds. The van der Waals surface area contributed by atoms with Gasteiger partial charge >= 0.3 is 0 Å². The quantitative estimate of drug-likeness (QED) is 0.488. The van der Waals surface area contributed by atoms with Gasteiger partial charge in [-0.25, -0.2) is 8.78 Å². The number of aromatic hydroxyl groups is 1. The third-order valence-corrected chi connectivity index (χ3v) is 8.30. The minimum atomic E-state index is -0.935. The van der Waals surface area contributed by atoms with Crippen LogP contribution < -0.4 is 10.4 Å². The predicted molar refractivity (Wildman–Crippen MR) is 128 cm³/mol. The first-order valence-electron chi connectivity index (χ1n) is 10.9. The van der Waals surface area contributed by atoms with E-state index in [-0.39, 0.29) is 34.6 Å². The molecule has 0 unspecified atom stereocenters. The normalized spacial score (nSPS) is 21.1. The lowest BCUT2D eigenvalue weighted by Crippen LogP contribution is -2.66. The van der Waals surface area contributed by atoms with Crippen LogP contribution in [-0.2, 0) is 10.5 Å². The monoisotopic (exact) mass is 561 g/mol. The van der Waals surface area contributed by atoms with Crippen LogP contribution in [0, 0.1) is 11.6 Å². The van der Waals surface area contributed by atoms with E-state index in [1.165, 1.54) is 22.6 Å². The van der Waals surface area contributed by atoms with E-state index >= 15 is 4.39 Å². The van der Waals surface area contributed by atoms with Gasteiger partial charge in [-0.2, -0.15) is 0 Å². The number of aromatic nitrogens is 1. The van der Waals surface area contributed by atoms with Crippen molar-refractivity contribution in [2.75, 3.05) is 24.8 Å². The number of thioether (sulfide) groups is 1. The summed E-state index contributed by atoms with van der Waals surface area (Å²) in [4.78, 5) is 28.4. The number of carbonyl (C=O) groups is 1. The molecule has 35 heavy (non-hydrogen) atoms. The number of fused-ring (bicyclic) bond motifs is 4. The number of hydrogen-bond donors (Lipinski definition) is 1. The Bertz CT molecular complexity index is 1450. The number of rotatable bonds is 1. The maximum absolute atomic E-state index is 15.1. The van der Waals surface area contributed by atoms with Crippen LogP contribution in [0.5, 0.6) is 5.75 Å². The molecule has 0 aliphatic carbocycles. The number of amides is 1. The molecule has 4 heterocycles. The lowest BCUT2D eigenvalue weighted by Gasteiger charge is -2.51. The number of hydrogen-bond acceptors (Lipinski definition) is 6. The fourth-order valence-corrected chi connectivity index (χ4v) is 6.51. The molecule has 7 nitrogen and oxygen atoms in total. The molecule has 1 saturated heterocycles. The summed E-state index contributed by atoms with van der Waals surface area (Å²) in [7, 11) is 0. The average Bonchev–Trinajstić information content (AvgIpc) is 3.02. The Balaban J connectivity index is 1.69. The van der Waals surface area contributed by atoms with Crippen LogP contribution in [0.2, 0.25) is 0 Å². The van der Waals surface area contributed by atoms with Gasteiger partial charge in [0.1, 0.15) is 6.17 Å². The van der Waals surface area contributed by atoms with Gasteiger partial charge in [0.2, 0.25) is 5.43 Å². The van der Waals surface area contributed by atoms with Crippen LogP contribution in [0.4, 0.5) is 8.78 Å². The lowest BCUT2D eigenvalue weighted by atomic mass is 9.93. The number of ether oxygens (including phenoxy) is 1. The van der Waals surface area contributed by atoms with Crippen molar-refractivity contribution < 1.29 is 23.4 Å². The maximum Gasteiger partial charge on any atom is 0.278 e. The van der Waals surface area contributed by atoms with E-state index in [4.69, 9.17) is 4.74 Å². The second kappa shape index (κ2) is 8.35. The van der Waals surface area contributed by atoms with Gasteiger partial charge in [0, 0.05) is 29.0 Å². The zero-order chi connectivity index (χ0) is 24.4. The van der Waals surface area contributed by atoms with Crippen molar-refractivity contribution in [2.45, 2.75) is 22.9 Å². The number of carbonyl (C=O) groups excluding carboxylic acids is 1. The first-order valence-corrected chi connectivity index (χ1v) is 12.7. The molecule has 0 radical (unpaired) electrons. The molecular formula is C24H18BrF2N3O4S. The summed E-state index contributed by atoms with van der Waals surface area (Å²) in [5, 5.41) is 12.6. The Hall–Kier alpha value is -2.89. The number of nitrogens with zero attached hydrogens (tertiary/aromatic N) is 3. The molecule has 0 saturated carbocycles. The van der Waals surface area contributed by atoms with E-state index in [9.17, 15) is 19.1 Å². The minimum absolute atomic E-state index is 0.0588. The first kappa shape index (κ1) is 22.6. The molecule has 11 heteroatoms. The maximum atomic E-state index is 15.1. The summed E-state index contributed by atoms with van der Waals surface area (Å²) in [5.41, 5.74) is 0.683. The zero-order valence-corrected chi connectivity index (χ0v) is 20.5. The average molecular weight is 562 g/mol. The molecule has 2 atom stereocenters. The van der Waals surface area contributed by atoms with E-state index in [1.807, 2.05) is 24.3 Å². The number of morpholine rings is 1. The Kier molecular flexibility index (Phi) is 5.39. The van der Waals surface area contributed by atoms with Gasteiger partial charge in [0.05, 0.1) is 23.7 Å². The summed E-state index contributed by atoms with van der Waals surface area (Å²) in [6.45, 7) is 0.698. The fourth-order valence-electron chi connectivity index (χ4n) is 5.01. The topological polar surface area (TPSA) is 75.0 Å². The molecule has 0 spiro atoms. The van der Waals surface area contributed by atoms with Gasteiger partial charge in [-0.05, 0) is 39.2 Å². The molecule has 1 N–H and O–H groups in total. The van der Waals surface area contributed by atoms with Crippen molar-refractivity contribution in [1.82, 2.24) is 9.58 Å². The Labute approximate surface area is 211 Å². The molecule has 6 rings (SSSR count).